The number of aromatic nitrogens is 1. The monoisotopic (exact) mass is 290 g/mol. The molecule has 108 valence electrons. The van der Waals surface area contributed by atoms with Crippen molar-refractivity contribution in [3.05, 3.63) is 35.5 Å². The first kappa shape index (κ1) is 15.1. The van der Waals surface area contributed by atoms with Gasteiger partial charge in [0.1, 0.15) is 0 Å². The number of anilines is 1. The van der Waals surface area contributed by atoms with Crippen LogP contribution < -0.4 is 5.32 Å². The standard InChI is InChI=1S/C17H23ClN2/c1-2-3-4-5-6-7-12-19-16-11-10-15(18)17-14(16)9-8-13-20-17/h8-11,13,19H,2-7,12H2,1H3. The molecular weight excluding hydrogens is 268 g/mol. The molecule has 0 aliphatic heterocycles. The van der Waals surface area contributed by atoms with Crippen LogP contribution in [0.2, 0.25) is 5.02 Å². The van der Waals surface area contributed by atoms with Crippen LogP contribution in [0.5, 0.6) is 0 Å². The van der Waals surface area contributed by atoms with Crippen molar-refractivity contribution in [1.29, 1.82) is 0 Å². The van der Waals surface area contributed by atoms with E-state index in [4.69, 9.17) is 11.6 Å². The molecule has 0 amide bonds. The summed E-state index contributed by atoms with van der Waals surface area (Å²) in [7, 11) is 0. The minimum absolute atomic E-state index is 0.714. The second-order valence-corrected chi connectivity index (χ2v) is 5.60. The van der Waals surface area contributed by atoms with E-state index in [-0.39, 0.29) is 0 Å². The van der Waals surface area contributed by atoms with E-state index in [9.17, 15) is 0 Å². The SMILES string of the molecule is CCCCCCCCNc1ccc(Cl)c2ncccc12. The average Bonchev–Trinajstić information content (AvgIpc) is 2.49. The molecule has 1 heterocycles. The van der Waals surface area contributed by atoms with E-state index in [2.05, 4.69) is 23.3 Å². The van der Waals surface area contributed by atoms with Crippen molar-refractivity contribution in [2.75, 3.05) is 11.9 Å². The molecule has 0 saturated heterocycles. The van der Waals surface area contributed by atoms with Crippen molar-refractivity contribution in [2.24, 2.45) is 0 Å². The molecule has 0 aliphatic carbocycles. The maximum Gasteiger partial charge on any atom is 0.0908 e. The van der Waals surface area contributed by atoms with Crippen LogP contribution in [0.3, 0.4) is 0 Å². The highest BCUT2D eigenvalue weighted by molar-refractivity contribution is 6.35. The molecule has 0 fully saturated rings. The predicted octanol–water partition coefficient (Wildman–Crippen LogP) is 5.66. The van der Waals surface area contributed by atoms with Crippen LogP contribution in [0.15, 0.2) is 30.5 Å². The fraction of sp³-hybridized carbons (Fsp3) is 0.471. The Morgan fingerprint density at radius 2 is 1.85 bits per heavy atom. The normalized spacial score (nSPS) is 10.9. The predicted molar refractivity (Wildman–Crippen MR) is 88.6 cm³/mol. The van der Waals surface area contributed by atoms with Crippen LogP contribution in [-0.2, 0) is 0 Å². The van der Waals surface area contributed by atoms with Crippen molar-refractivity contribution in [3.8, 4) is 0 Å². The number of rotatable bonds is 8. The summed E-state index contributed by atoms with van der Waals surface area (Å²) in [6.07, 6.45) is 9.68. The van der Waals surface area contributed by atoms with Crippen LogP contribution in [0.25, 0.3) is 10.9 Å². The van der Waals surface area contributed by atoms with E-state index >= 15 is 0 Å². The molecule has 0 bridgehead atoms. The second kappa shape index (κ2) is 8.11. The molecule has 0 radical (unpaired) electrons. The van der Waals surface area contributed by atoms with Crippen molar-refractivity contribution >= 4 is 28.2 Å². The fourth-order valence-electron chi connectivity index (χ4n) is 2.42. The zero-order valence-electron chi connectivity index (χ0n) is 12.2. The average molecular weight is 291 g/mol. The van der Waals surface area contributed by atoms with Gasteiger partial charge in [-0.2, -0.15) is 0 Å². The smallest absolute Gasteiger partial charge is 0.0908 e. The van der Waals surface area contributed by atoms with E-state index in [1.54, 1.807) is 6.20 Å². The summed E-state index contributed by atoms with van der Waals surface area (Å²) in [5, 5.41) is 5.32. The first-order valence-electron chi connectivity index (χ1n) is 7.60. The van der Waals surface area contributed by atoms with Crippen LogP contribution in [-0.4, -0.2) is 11.5 Å². The number of nitrogens with zero attached hydrogens (tertiary/aromatic N) is 1. The third-order valence-corrected chi connectivity index (χ3v) is 3.87. The van der Waals surface area contributed by atoms with Gasteiger partial charge in [0.15, 0.2) is 0 Å². The van der Waals surface area contributed by atoms with Crippen molar-refractivity contribution in [2.45, 2.75) is 45.4 Å². The van der Waals surface area contributed by atoms with Gasteiger partial charge < -0.3 is 5.32 Å². The molecule has 3 heteroatoms. The largest absolute Gasteiger partial charge is 0.384 e. The Kier molecular flexibility index (Phi) is 6.13. The fourth-order valence-corrected chi connectivity index (χ4v) is 2.63. The highest BCUT2D eigenvalue weighted by Crippen LogP contribution is 2.27. The number of benzene rings is 1. The van der Waals surface area contributed by atoms with E-state index in [0.717, 1.165) is 23.1 Å². The molecule has 20 heavy (non-hydrogen) atoms. The van der Waals surface area contributed by atoms with E-state index in [1.165, 1.54) is 38.5 Å². The molecule has 0 atom stereocenters. The Hall–Kier alpha value is -1.28. The van der Waals surface area contributed by atoms with Crippen LogP contribution in [0, 0.1) is 0 Å². The molecule has 0 saturated carbocycles. The lowest BCUT2D eigenvalue weighted by Crippen LogP contribution is -2.02. The Bertz CT molecular complexity index is 540. The Labute approximate surface area is 126 Å². The van der Waals surface area contributed by atoms with Crippen molar-refractivity contribution < 1.29 is 0 Å². The van der Waals surface area contributed by atoms with Crippen LogP contribution >= 0.6 is 11.6 Å². The molecule has 1 aromatic heterocycles. The molecule has 1 aromatic carbocycles. The lowest BCUT2D eigenvalue weighted by molar-refractivity contribution is 0.617. The zero-order valence-corrected chi connectivity index (χ0v) is 12.9. The van der Waals surface area contributed by atoms with Gasteiger partial charge in [-0.1, -0.05) is 50.6 Å². The Balaban J connectivity index is 1.86. The van der Waals surface area contributed by atoms with Gasteiger partial charge in [-0.15, -0.1) is 0 Å². The number of fused-ring (bicyclic) bond motifs is 1. The summed E-state index contributed by atoms with van der Waals surface area (Å²) in [5.41, 5.74) is 2.01. The quantitative estimate of drug-likeness (QED) is 0.634. The van der Waals surface area contributed by atoms with Gasteiger partial charge in [0.25, 0.3) is 0 Å². The minimum Gasteiger partial charge on any atom is -0.384 e. The molecule has 1 N–H and O–H groups in total. The molecule has 0 unspecified atom stereocenters. The number of unbranched alkanes of at least 4 members (excludes halogenated alkanes) is 5. The molecule has 0 spiro atoms. The van der Waals surface area contributed by atoms with E-state index in [0.29, 0.717) is 5.02 Å². The van der Waals surface area contributed by atoms with Crippen molar-refractivity contribution in [3.63, 3.8) is 0 Å². The van der Waals surface area contributed by atoms with Crippen molar-refractivity contribution in [1.82, 2.24) is 4.98 Å². The summed E-state index contributed by atoms with van der Waals surface area (Å²) < 4.78 is 0. The van der Waals surface area contributed by atoms with Gasteiger partial charge in [0, 0.05) is 23.8 Å². The summed E-state index contributed by atoms with van der Waals surface area (Å²) >= 11 is 6.17. The second-order valence-electron chi connectivity index (χ2n) is 5.19. The Morgan fingerprint density at radius 1 is 1.05 bits per heavy atom. The number of nitrogens with one attached hydrogen (secondary N) is 1. The maximum absolute atomic E-state index is 6.17. The van der Waals surface area contributed by atoms with Gasteiger partial charge >= 0.3 is 0 Å². The zero-order chi connectivity index (χ0) is 14.2. The third kappa shape index (κ3) is 4.11. The van der Waals surface area contributed by atoms with Gasteiger partial charge in [0.2, 0.25) is 0 Å². The third-order valence-electron chi connectivity index (χ3n) is 3.57. The van der Waals surface area contributed by atoms with Gasteiger partial charge in [-0.05, 0) is 30.7 Å². The highest BCUT2D eigenvalue weighted by atomic mass is 35.5. The first-order valence-corrected chi connectivity index (χ1v) is 7.98. The van der Waals surface area contributed by atoms with E-state index < -0.39 is 0 Å². The number of hydrogen-bond acceptors (Lipinski definition) is 2. The lowest BCUT2D eigenvalue weighted by atomic mass is 10.1. The molecule has 0 aliphatic rings. The van der Waals surface area contributed by atoms with Crippen LogP contribution in [0.4, 0.5) is 5.69 Å². The summed E-state index contributed by atoms with van der Waals surface area (Å²) in [4.78, 5) is 4.35. The molecule has 2 rings (SSSR count). The first-order chi connectivity index (χ1) is 9.83. The van der Waals surface area contributed by atoms with Crippen LogP contribution in [0.1, 0.15) is 45.4 Å². The minimum atomic E-state index is 0.714. The topological polar surface area (TPSA) is 24.9 Å². The summed E-state index contributed by atoms with van der Waals surface area (Å²) in [6, 6.07) is 7.98. The molecule has 2 aromatic rings. The van der Waals surface area contributed by atoms with Gasteiger partial charge in [-0.3, -0.25) is 4.98 Å². The van der Waals surface area contributed by atoms with E-state index in [1.807, 2.05) is 18.2 Å². The van der Waals surface area contributed by atoms with Gasteiger partial charge in [-0.25, -0.2) is 0 Å². The summed E-state index contributed by atoms with van der Waals surface area (Å²) in [6.45, 7) is 3.26. The number of hydrogen-bond donors (Lipinski definition) is 1. The number of pyridine rings is 1. The summed E-state index contributed by atoms with van der Waals surface area (Å²) in [5.74, 6) is 0. The molecule has 2 nitrogen and oxygen atoms in total. The highest BCUT2D eigenvalue weighted by Gasteiger charge is 2.04. The molecular formula is C17H23ClN2. The lowest BCUT2D eigenvalue weighted by Gasteiger charge is -2.10. The Morgan fingerprint density at radius 3 is 2.70 bits per heavy atom. The maximum atomic E-state index is 6.17. The number of halogens is 1. The van der Waals surface area contributed by atoms with Gasteiger partial charge in [0.05, 0.1) is 10.5 Å².